The largest absolute Gasteiger partial charge is 0.384 e. The first-order valence-electron chi connectivity index (χ1n) is 4.36. The summed E-state index contributed by atoms with van der Waals surface area (Å²) in [6, 6.07) is 0. The fraction of sp³-hybridized carbons (Fsp3) is 1.00. The summed E-state index contributed by atoms with van der Waals surface area (Å²) in [4.78, 5) is 0. The van der Waals surface area contributed by atoms with Crippen molar-refractivity contribution in [3.8, 4) is 0 Å². The Morgan fingerprint density at radius 1 is 1.50 bits per heavy atom. The second kappa shape index (κ2) is 2.23. The van der Waals surface area contributed by atoms with Gasteiger partial charge < -0.3 is 4.74 Å². The van der Waals surface area contributed by atoms with Crippen molar-refractivity contribution in [2.45, 2.75) is 32.1 Å². The van der Waals surface area contributed by atoms with Crippen LogP contribution in [0.15, 0.2) is 0 Å². The highest BCUT2D eigenvalue weighted by Crippen LogP contribution is 2.61. The molecule has 0 amide bonds. The van der Waals surface area contributed by atoms with Crippen LogP contribution in [-0.2, 0) is 4.74 Å². The molecule has 58 valence electrons. The Balaban J connectivity index is 1.92. The van der Waals surface area contributed by atoms with Gasteiger partial charge in [-0.3, -0.25) is 0 Å². The molecule has 0 aromatic rings. The molecule has 0 aliphatic heterocycles. The Hall–Kier alpha value is -0.0400. The van der Waals surface area contributed by atoms with Crippen LogP contribution in [0.25, 0.3) is 0 Å². The van der Waals surface area contributed by atoms with Crippen molar-refractivity contribution >= 4 is 0 Å². The Morgan fingerprint density at radius 2 is 2.40 bits per heavy atom. The van der Waals surface area contributed by atoms with Crippen molar-refractivity contribution in [1.29, 1.82) is 0 Å². The standard InChI is InChI=1S/C9H16O/c1-10-7-9-5-3-2-4-8(9)6-9/h8H,2-7H2,1H3. The predicted molar refractivity (Wildman–Crippen MR) is 40.9 cm³/mol. The first-order valence-corrected chi connectivity index (χ1v) is 4.36. The lowest BCUT2D eigenvalue weighted by Gasteiger charge is -2.20. The van der Waals surface area contributed by atoms with E-state index in [0.29, 0.717) is 5.41 Å². The average molecular weight is 140 g/mol. The van der Waals surface area contributed by atoms with Crippen LogP contribution in [0.1, 0.15) is 32.1 Å². The zero-order valence-electron chi connectivity index (χ0n) is 6.73. The maximum Gasteiger partial charge on any atom is 0.0521 e. The van der Waals surface area contributed by atoms with E-state index in [1.165, 1.54) is 32.1 Å². The smallest absolute Gasteiger partial charge is 0.0521 e. The molecule has 1 nitrogen and oxygen atoms in total. The molecule has 0 saturated heterocycles. The zero-order chi connectivity index (χ0) is 7.03. The van der Waals surface area contributed by atoms with E-state index in [1.807, 2.05) is 7.11 Å². The molecule has 0 N–H and O–H groups in total. The highest BCUT2D eigenvalue weighted by atomic mass is 16.5. The average Bonchev–Trinajstić information content (AvgIpc) is 2.62. The van der Waals surface area contributed by atoms with Crippen LogP contribution in [0.4, 0.5) is 0 Å². The van der Waals surface area contributed by atoms with Crippen LogP contribution in [0.2, 0.25) is 0 Å². The molecule has 10 heavy (non-hydrogen) atoms. The molecule has 2 unspecified atom stereocenters. The highest BCUT2D eigenvalue weighted by molar-refractivity contribution is 5.03. The fourth-order valence-corrected chi connectivity index (χ4v) is 2.55. The van der Waals surface area contributed by atoms with Gasteiger partial charge in [0.05, 0.1) is 6.61 Å². The molecule has 0 aromatic carbocycles. The van der Waals surface area contributed by atoms with Crippen molar-refractivity contribution < 1.29 is 4.74 Å². The number of hydrogen-bond acceptors (Lipinski definition) is 1. The third kappa shape index (κ3) is 0.878. The van der Waals surface area contributed by atoms with Gasteiger partial charge in [-0.25, -0.2) is 0 Å². The van der Waals surface area contributed by atoms with Crippen molar-refractivity contribution in [3.05, 3.63) is 0 Å². The van der Waals surface area contributed by atoms with E-state index in [2.05, 4.69) is 0 Å². The summed E-state index contributed by atoms with van der Waals surface area (Å²) in [6.07, 6.45) is 7.28. The number of rotatable bonds is 2. The van der Waals surface area contributed by atoms with Gasteiger partial charge in [0.15, 0.2) is 0 Å². The maximum atomic E-state index is 5.23. The van der Waals surface area contributed by atoms with Crippen LogP contribution >= 0.6 is 0 Å². The lowest BCUT2D eigenvalue weighted by Crippen LogP contribution is -2.15. The van der Waals surface area contributed by atoms with Gasteiger partial charge in [-0.15, -0.1) is 0 Å². The molecular formula is C9H16O. The summed E-state index contributed by atoms with van der Waals surface area (Å²) in [5, 5.41) is 0. The molecule has 2 atom stereocenters. The van der Waals surface area contributed by atoms with E-state index in [4.69, 9.17) is 4.74 Å². The van der Waals surface area contributed by atoms with Crippen LogP contribution in [0.5, 0.6) is 0 Å². The van der Waals surface area contributed by atoms with Gasteiger partial charge >= 0.3 is 0 Å². The first kappa shape index (κ1) is 6.66. The van der Waals surface area contributed by atoms with Gasteiger partial charge in [0.2, 0.25) is 0 Å². The molecule has 2 rings (SSSR count). The SMILES string of the molecule is COCC12CCCCC1C2. The van der Waals surface area contributed by atoms with Crippen molar-refractivity contribution in [1.82, 2.24) is 0 Å². The number of ether oxygens (including phenoxy) is 1. The number of methoxy groups -OCH3 is 1. The van der Waals surface area contributed by atoms with Crippen molar-refractivity contribution in [3.63, 3.8) is 0 Å². The second-order valence-corrected chi connectivity index (χ2v) is 3.94. The van der Waals surface area contributed by atoms with Crippen LogP contribution in [0, 0.1) is 11.3 Å². The van der Waals surface area contributed by atoms with E-state index < -0.39 is 0 Å². The number of fused-ring (bicyclic) bond motifs is 1. The molecule has 1 heteroatoms. The quantitative estimate of drug-likeness (QED) is 0.571. The molecule has 0 heterocycles. The Bertz CT molecular complexity index is 129. The fourth-order valence-electron chi connectivity index (χ4n) is 2.55. The number of hydrogen-bond donors (Lipinski definition) is 0. The summed E-state index contributed by atoms with van der Waals surface area (Å²) in [5.41, 5.74) is 0.674. The van der Waals surface area contributed by atoms with Gasteiger partial charge in [0.1, 0.15) is 0 Å². The van der Waals surface area contributed by atoms with Gasteiger partial charge in [-0.1, -0.05) is 12.8 Å². The van der Waals surface area contributed by atoms with Crippen LogP contribution < -0.4 is 0 Å². The summed E-state index contributed by atoms with van der Waals surface area (Å²) in [5.74, 6) is 1.04. The van der Waals surface area contributed by atoms with Gasteiger partial charge in [-0.2, -0.15) is 0 Å². The van der Waals surface area contributed by atoms with E-state index in [9.17, 15) is 0 Å². The summed E-state index contributed by atoms with van der Waals surface area (Å²) in [7, 11) is 1.83. The van der Waals surface area contributed by atoms with Gasteiger partial charge in [0.25, 0.3) is 0 Å². The first-order chi connectivity index (χ1) is 4.87. The van der Waals surface area contributed by atoms with E-state index in [1.54, 1.807) is 0 Å². The summed E-state index contributed by atoms with van der Waals surface area (Å²) < 4.78 is 5.23. The molecule has 2 saturated carbocycles. The van der Waals surface area contributed by atoms with E-state index in [0.717, 1.165) is 12.5 Å². The monoisotopic (exact) mass is 140 g/mol. The molecule has 0 radical (unpaired) electrons. The third-order valence-corrected chi connectivity index (χ3v) is 3.27. The van der Waals surface area contributed by atoms with Crippen LogP contribution in [0.3, 0.4) is 0 Å². The molecule has 2 aliphatic rings. The molecular weight excluding hydrogens is 124 g/mol. The summed E-state index contributed by atoms with van der Waals surface area (Å²) in [6.45, 7) is 1.03. The minimum absolute atomic E-state index is 0.674. The summed E-state index contributed by atoms with van der Waals surface area (Å²) >= 11 is 0. The Labute approximate surface area is 62.8 Å². The molecule has 2 aliphatic carbocycles. The van der Waals surface area contributed by atoms with Crippen molar-refractivity contribution in [2.75, 3.05) is 13.7 Å². The molecule has 0 bridgehead atoms. The lowest BCUT2D eigenvalue weighted by atomic mass is 9.89. The Kier molecular flexibility index (Phi) is 1.48. The van der Waals surface area contributed by atoms with Crippen molar-refractivity contribution in [2.24, 2.45) is 11.3 Å². The molecule has 0 spiro atoms. The van der Waals surface area contributed by atoms with Gasteiger partial charge in [0, 0.05) is 7.11 Å². The highest BCUT2D eigenvalue weighted by Gasteiger charge is 2.54. The van der Waals surface area contributed by atoms with Crippen LogP contribution in [-0.4, -0.2) is 13.7 Å². The van der Waals surface area contributed by atoms with E-state index in [-0.39, 0.29) is 0 Å². The molecule has 0 aromatic heterocycles. The Morgan fingerprint density at radius 3 is 3.10 bits per heavy atom. The predicted octanol–water partition coefficient (Wildman–Crippen LogP) is 2.21. The maximum absolute atomic E-state index is 5.23. The van der Waals surface area contributed by atoms with E-state index >= 15 is 0 Å². The lowest BCUT2D eigenvalue weighted by molar-refractivity contribution is 0.116. The van der Waals surface area contributed by atoms with Gasteiger partial charge in [-0.05, 0) is 30.6 Å². The topological polar surface area (TPSA) is 9.23 Å². The third-order valence-electron chi connectivity index (χ3n) is 3.27. The second-order valence-electron chi connectivity index (χ2n) is 3.94. The minimum atomic E-state index is 0.674. The molecule has 2 fully saturated rings. The normalized spacial score (nSPS) is 44.7. The minimum Gasteiger partial charge on any atom is -0.384 e. The zero-order valence-corrected chi connectivity index (χ0v) is 6.73.